The van der Waals surface area contributed by atoms with Crippen molar-refractivity contribution in [2.45, 2.75) is 13.2 Å². The molecule has 5 heteroatoms. The Hall–Kier alpha value is -2.14. The molecule has 0 heterocycles. The number of hydrogen-bond acceptors (Lipinski definition) is 3. The minimum absolute atomic E-state index is 0.147. The average molecular weight is 293 g/mol. The lowest BCUT2D eigenvalue weighted by molar-refractivity contribution is 0.293. The monoisotopic (exact) mass is 293 g/mol. The zero-order valence-electron chi connectivity index (χ0n) is 12.0. The van der Waals surface area contributed by atoms with Gasteiger partial charge >= 0.3 is 0 Å². The number of ether oxygens (including phenoxy) is 2. The van der Waals surface area contributed by atoms with E-state index in [-0.39, 0.29) is 12.4 Å². The highest BCUT2D eigenvalue weighted by atomic mass is 19.1. The first-order chi connectivity index (χ1) is 10.1. The van der Waals surface area contributed by atoms with Crippen LogP contribution in [0.3, 0.4) is 0 Å². The third-order valence-electron chi connectivity index (χ3n) is 2.96. The van der Waals surface area contributed by atoms with Crippen LogP contribution in [-0.2, 0) is 13.2 Å². The molecule has 21 heavy (non-hydrogen) atoms. The van der Waals surface area contributed by atoms with Crippen LogP contribution in [-0.4, -0.2) is 14.2 Å². The average Bonchev–Trinajstić information content (AvgIpc) is 2.45. The summed E-state index contributed by atoms with van der Waals surface area (Å²) in [4.78, 5) is 0. The van der Waals surface area contributed by atoms with Crippen molar-refractivity contribution >= 4 is 0 Å². The second-order valence-electron chi connectivity index (χ2n) is 4.57. The topological polar surface area (TPSA) is 30.5 Å². The fourth-order valence-corrected chi connectivity index (χ4v) is 2.03. The minimum Gasteiger partial charge on any atom is -0.496 e. The number of methoxy groups -OCH3 is 1. The van der Waals surface area contributed by atoms with Gasteiger partial charge in [0.1, 0.15) is 29.7 Å². The van der Waals surface area contributed by atoms with Gasteiger partial charge in [0, 0.05) is 30.3 Å². The second kappa shape index (κ2) is 7.04. The van der Waals surface area contributed by atoms with Gasteiger partial charge in [-0.1, -0.05) is 6.07 Å². The molecule has 0 amide bonds. The summed E-state index contributed by atoms with van der Waals surface area (Å²) < 4.78 is 36.9. The third-order valence-corrected chi connectivity index (χ3v) is 2.96. The molecule has 2 aromatic rings. The Morgan fingerprint density at radius 3 is 2.38 bits per heavy atom. The molecule has 0 saturated heterocycles. The van der Waals surface area contributed by atoms with Crippen LogP contribution in [0.5, 0.6) is 11.5 Å². The minimum atomic E-state index is -0.666. The Kier molecular flexibility index (Phi) is 5.11. The molecule has 0 aromatic heterocycles. The Bertz CT molecular complexity index is 597. The fraction of sp³-hybridized carbons (Fsp3) is 0.250. The van der Waals surface area contributed by atoms with Gasteiger partial charge in [-0.2, -0.15) is 0 Å². The van der Waals surface area contributed by atoms with Crippen LogP contribution >= 0.6 is 0 Å². The van der Waals surface area contributed by atoms with E-state index in [2.05, 4.69) is 5.32 Å². The molecule has 112 valence electrons. The summed E-state index contributed by atoms with van der Waals surface area (Å²) in [7, 11) is 3.42. The summed E-state index contributed by atoms with van der Waals surface area (Å²) in [6, 6.07) is 8.82. The molecule has 0 bridgehead atoms. The quantitative estimate of drug-likeness (QED) is 0.886. The molecule has 0 unspecified atom stereocenters. The number of halogens is 2. The summed E-state index contributed by atoms with van der Waals surface area (Å²) in [5.41, 5.74) is 1.89. The van der Waals surface area contributed by atoms with Crippen LogP contribution in [0, 0.1) is 11.6 Å². The maximum absolute atomic E-state index is 13.1. The van der Waals surface area contributed by atoms with E-state index in [9.17, 15) is 8.78 Å². The van der Waals surface area contributed by atoms with Gasteiger partial charge in [0.2, 0.25) is 0 Å². The van der Waals surface area contributed by atoms with E-state index in [1.165, 1.54) is 0 Å². The lowest BCUT2D eigenvalue weighted by Crippen LogP contribution is -2.07. The van der Waals surface area contributed by atoms with E-state index in [0.717, 1.165) is 29.3 Å². The van der Waals surface area contributed by atoms with Gasteiger partial charge in [0.05, 0.1) is 7.11 Å². The molecule has 0 atom stereocenters. The lowest BCUT2D eigenvalue weighted by atomic mass is 10.1. The van der Waals surface area contributed by atoms with E-state index in [4.69, 9.17) is 9.47 Å². The highest BCUT2D eigenvalue weighted by molar-refractivity contribution is 5.37. The standard InChI is InChI=1S/C16H17F2NO2/c1-19-9-11-3-4-16(20-2)12(5-11)10-21-15-7-13(17)6-14(18)8-15/h3-8,19H,9-10H2,1-2H3. The smallest absolute Gasteiger partial charge is 0.129 e. The molecular formula is C16H17F2NO2. The van der Waals surface area contributed by atoms with Crippen LogP contribution < -0.4 is 14.8 Å². The van der Waals surface area contributed by atoms with E-state index < -0.39 is 11.6 Å². The van der Waals surface area contributed by atoms with E-state index in [1.54, 1.807) is 7.11 Å². The van der Waals surface area contributed by atoms with Crippen molar-refractivity contribution in [3.05, 3.63) is 59.2 Å². The van der Waals surface area contributed by atoms with Crippen LogP contribution in [0.25, 0.3) is 0 Å². The molecule has 2 aromatic carbocycles. The molecule has 3 nitrogen and oxygen atoms in total. The Morgan fingerprint density at radius 2 is 1.76 bits per heavy atom. The molecule has 0 spiro atoms. The first kappa shape index (κ1) is 15.3. The van der Waals surface area contributed by atoms with Gasteiger partial charge < -0.3 is 14.8 Å². The lowest BCUT2D eigenvalue weighted by Gasteiger charge is -2.12. The van der Waals surface area contributed by atoms with Crippen molar-refractivity contribution in [2.24, 2.45) is 0 Å². The number of rotatable bonds is 6. The highest BCUT2D eigenvalue weighted by Crippen LogP contribution is 2.23. The SMILES string of the molecule is CNCc1ccc(OC)c(COc2cc(F)cc(F)c2)c1. The highest BCUT2D eigenvalue weighted by Gasteiger charge is 2.07. The summed E-state index contributed by atoms with van der Waals surface area (Å²) in [5, 5.41) is 3.06. The van der Waals surface area contributed by atoms with Crippen molar-refractivity contribution in [1.82, 2.24) is 5.32 Å². The Labute approximate surface area is 122 Å². The van der Waals surface area contributed by atoms with E-state index in [0.29, 0.717) is 12.3 Å². The fourth-order valence-electron chi connectivity index (χ4n) is 2.03. The zero-order chi connectivity index (χ0) is 15.2. The van der Waals surface area contributed by atoms with Crippen molar-refractivity contribution in [3.63, 3.8) is 0 Å². The maximum atomic E-state index is 13.1. The molecule has 0 aliphatic rings. The molecule has 2 rings (SSSR count). The van der Waals surface area contributed by atoms with Gasteiger partial charge in [-0.05, 0) is 24.7 Å². The van der Waals surface area contributed by atoms with Gasteiger partial charge in [-0.25, -0.2) is 8.78 Å². The third kappa shape index (κ3) is 4.16. The predicted molar refractivity (Wildman–Crippen MR) is 76.4 cm³/mol. The van der Waals surface area contributed by atoms with Crippen LogP contribution in [0.15, 0.2) is 36.4 Å². The first-order valence-electron chi connectivity index (χ1n) is 6.51. The van der Waals surface area contributed by atoms with Crippen molar-refractivity contribution < 1.29 is 18.3 Å². The van der Waals surface area contributed by atoms with E-state index in [1.807, 2.05) is 25.2 Å². The largest absolute Gasteiger partial charge is 0.496 e. The first-order valence-corrected chi connectivity index (χ1v) is 6.51. The van der Waals surface area contributed by atoms with Gasteiger partial charge in [0.15, 0.2) is 0 Å². The van der Waals surface area contributed by atoms with Crippen molar-refractivity contribution in [1.29, 1.82) is 0 Å². The normalized spacial score (nSPS) is 10.5. The second-order valence-corrected chi connectivity index (χ2v) is 4.57. The van der Waals surface area contributed by atoms with Crippen LogP contribution in [0.4, 0.5) is 8.78 Å². The van der Waals surface area contributed by atoms with Crippen molar-refractivity contribution in [2.75, 3.05) is 14.2 Å². The predicted octanol–water partition coefficient (Wildman–Crippen LogP) is 3.27. The van der Waals surface area contributed by atoms with E-state index >= 15 is 0 Å². The van der Waals surface area contributed by atoms with Gasteiger partial charge in [0.25, 0.3) is 0 Å². The molecule has 0 aliphatic carbocycles. The molecule has 0 aliphatic heterocycles. The molecule has 0 radical (unpaired) electrons. The van der Waals surface area contributed by atoms with Crippen LogP contribution in [0.1, 0.15) is 11.1 Å². The summed E-state index contributed by atoms with van der Waals surface area (Å²) in [6.07, 6.45) is 0. The van der Waals surface area contributed by atoms with Crippen LogP contribution in [0.2, 0.25) is 0 Å². The number of nitrogens with one attached hydrogen (secondary N) is 1. The Balaban J connectivity index is 2.15. The number of hydrogen-bond donors (Lipinski definition) is 1. The molecule has 0 saturated carbocycles. The van der Waals surface area contributed by atoms with Gasteiger partial charge in [-0.15, -0.1) is 0 Å². The molecule has 1 N–H and O–H groups in total. The summed E-state index contributed by atoms with van der Waals surface area (Å²) in [6.45, 7) is 0.884. The molecular weight excluding hydrogens is 276 g/mol. The molecule has 0 fully saturated rings. The van der Waals surface area contributed by atoms with Gasteiger partial charge in [-0.3, -0.25) is 0 Å². The maximum Gasteiger partial charge on any atom is 0.129 e. The summed E-state index contributed by atoms with van der Waals surface area (Å²) >= 11 is 0. The summed E-state index contributed by atoms with van der Waals surface area (Å²) in [5.74, 6) is -0.512. The Morgan fingerprint density at radius 1 is 1.05 bits per heavy atom. The van der Waals surface area contributed by atoms with Crippen molar-refractivity contribution in [3.8, 4) is 11.5 Å². The number of benzene rings is 2. The zero-order valence-corrected chi connectivity index (χ0v) is 12.0.